The van der Waals surface area contributed by atoms with Gasteiger partial charge < -0.3 is 15.4 Å². The van der Waals surface area contributed by atoms with Gasteiger partial charge in [0.2, 0.25) is 0 Å². The van der Waals surface area contributed by atoms with Crippen LogP contribution in [0.15, 0.2) is 18.3 Å². The second-order valence-electron chi connectivity index (χ2n) is 3.44. The van der Waals surface area contributed by atoms with Crippen molar-refractivity contribution in [2.75, 3.05) is 25.1 Å². The quantitative estimate of drug-likeness (QED) is 0.753. The van der Waals surface area contributed by atoms with Gasteiger partial charge in [0.05, 0.1) is 17.5 Å². The molecular formula is C10H15N3O. The van der Waals surface area contributed by atoms with E-state index in [0.717, 1.165) is 24.5 Å². The zero-order chi connectivity index (χ0) is 9.97. The number of rotatable bonds is 3. The van der Waals surface area contributed by atoms with Crippen LogP contribution < -0.4 is 10.6 Å². The van der Waals surface area contributed by atoms with Crippen molar-refractivity contribution >= 4 is 5.69 Å². The number of pyridine rings is 1. The molecule has 0 spiro atoms. The molecule has 76 valence electrons. The average molecular weight is 193 g/mol. The molecule has 1 aliphatic heterocycles. The molecule has 0 unspecified atom stereocenters. The van der Waals surface area contributed by atoms with Crippen LogP contribution in [0.5, 0.6) is 0 Å². The van der Waals surface area contributed by atoms with Crippen molar-refractivity contribution in [3.05, 3.63) is 24.0 Å². The third kappa shape index (κ3) is 1.58. The van der Waals surface area contributed by atoms with Crippen LogP contribution >= 0.6 is 0 Å². The molecule has 0 bridgehead atoms. The number of methoxy groups -OCH3 is 1. The Kier molecular flexibility index (Phi) is 2.65. The van der Waals surface area contributed by atoms with E-state index in [1.807, 2.05) is 6.07 Å². The minimum Gasteiger partial charge on any atom is -0.378 e. The van der Waals surface area contributed by atoms with Gasteiger partial charge in [-0.15, -0.1) is 0 Å². The van der Waals surface area contributed by atoms with Gasteiger partial charge in [0, 0.05) is 32.9 Å². The lowest BCUT2D eigenvalue weighted by atomic mass is 10.1. The maximum absolute atomic E-state index is 5.61. The maximum atomic E-state index is 5.61. The third-order valence-corrected chi connectivity index (χ3v) is 2.58. The third-order valence-electron chi connectivity index (χ3n) is 2.58. The maximum Gasteiger partial charge on any atom is 0.0920 e. The zero-order valence-electron chi connectivity index (χ0n) is 8.31. The number of nitrogens with two attached hydrogens (primary N) is 1. The lowest BCUT2D eigenvalue weighted by molar-refractivity contribution is 0.0786. The van der Waals surface area contributed by atoms with Crippen molar-refractivity contribution in [1.82, 2.24) is 4.98 Å². The summed E-state index contributed by atoms with van der Waals surface area (Å²) in [6, 6.07) is 4.00. The van der Waals surface area contributed by atoms with Crippen molar-refractivity contribution in [2.24, 2.45) is 5.73 Å². The molecule has 0 radical (unpaired) electrons. The van der Waals surface area contributed by atoms with Crippen LogP contribution in [-0.2, 0) is 11.3 Å². The number of hydrogen-bond acceptors (Lipinski definition) is 4. The molecule has 1 saturated heterocycles. The van der Waals surface area contributed by atoms with Gasteiger partial charge in [-0.2, -0.15) is 0 Å². The summed E-state index contributed by atoms with van der Waals surface area (Å²) in [4.78, 5) is 6.48. The van der Waals surface area contributed by atoms with Gasteiger partial charge in [0.25, 0.3) is 0 Å². The van der Waals surface area contributed by atoms with Crippen LogP contribution in [0, 0.1) is 0 Å². The van der Waals surface area contributed by atoms with Crippen molar-refractivity contribution in [1.29, 1.82) is 0 Å². The van der Waals surface area contributed by atoms with Crippen molar-refractivity contribution in [2.45, 2.75) is 12.6 Å². The molecule has 4 heteroatoms. The Balaban J connectivity index is 2.10. The average Bonchev–Trinajstić information content (AvgIpc) is 2.17. The molecule has 1 fully saturated rings. The molecule has 4 nitrogen and oxygen atoms in total. The molecule has 0 aromatic carbocycles. The molecular weight excluding hydrogens is 178 g/mol. The summed E-state index contributed by atoms with van der Waals surface area (Å²) >= 11 is 0. The molecule has 1 aromatic heterocycles. The Morgan fingerprint density at radius 2 is 2.43 bits per heavy atom. The van der Waals surface area contributed by atoms with Crippen LogP contribution in [0.1, 0.15) is 5.69 Å². The molecule has 2 heterocycles. The number of nitrogens with zero attached hydrogens (tertiary/aromatic N) is 2. The van der Waals surface area contributed by atoms with Gasteiger partial charge in [-0.25, -0.2) is 0 Å². The smallest absolute Gasteiger partial charge is 0.0920 e. The van der Waals surface area contributed by atoms with Crippen LogP contribution in [0.4, 0.5) is 5.69 Å². The highest BCUT2D eigenvalue weighted by Gasteiger charge is 2.27. The summed E-state index contributed by atoms with van der Waals surface area (Å²) in [5.74, 6) is 0. The predicted molar refractivity (Wildman–Crippen MR) is 55.1 cm³/mol. The van der Waals surface area contributed by atoms with E-state index in [2.05, 4.69) is 16.0 Å². The zero-order valence-corrected chi connectivity index (χ0v) is 8.31. The lowest BCUT2D eigenvalue weighted by Gasteiger charge is -2.40. The monoisotopic (exact) mass is 193 g/mol. The molecule has 1 aliphatic rings. The topological polar surface area (TPSA) is 51.4 Å². The van der Waals surface area contributed by atoms with E-state index in [-0.39, 0.29) is 0 Å². The predicted octanol–water partition coefficient (Wildman–Crippen LogP) is 0.375. The molecule has 0 aliphatic carbocycles. The van der Waals surface area contributed by atoms with Crippen molar-refractivity contribution in [3.8, 4) is 0 Å². The van der Waals surface area contributed by atoms with Crippen LogP contribution in [0.2, 0.25) is 0 Å². The summed E-state index contributed by atoms with van der Waals surface area (Å²) in [6.45, 7) is 2.37. The van der Waals surface area contributed by atoms with E-state index in [0.29, 0.717) is 12.6 Å². The van der Waals surface area contributed by atoms with Gasteiger partial charge >= 0.3 is 0 Å². The van der Waals surface area contributed by atoms with E-state index < -0.39 is 0 Å². The Labute approximate surface area is 83.7 Å². The van der Waals surface area contributed by atoms with Gasteiger partial charge in [-0.1, -0.05) is 0 Å². The summed E-state index contributed by atoms with van der Waals surface area (Å²) in [7, 11) is 1.75. The van der Waals surface area contributed by atoms with Crippen LogP contribution in [0.3, 0.4) is 0 Å². The van der Waals surface area contributed by atoms with E-state index in [9.17, 15) is 0 Å². The van der Waals surface area contributed by atoms with E-state index >= 15 is 0 Å². The molecule has 2 N–H and O–H groups in total. The summed E-state index contributed by atoms with van der Waals surface area (Å²) < 4.78 is 5.22. The van der Waals surface area contributed by atoms with Gasteiger partial charge in [-0.05, 0) is 12.1 Å². The number of anilines is 1. The van der Waals surface area contributed by atoms with Gasteiger partial charge in [-0.3, -0.25) is 4.98 Å². The number of hydrogen-bond donors (Lipinski definition) is 1. The Morgan fingerprint density at radius 3 is 3.07 bits per heavy atom. The first-order valence-electron chi connectivity index (χ1n) is 4.77. The highest BCUT2D eigenvalue weighted by Crippen LogP contribution is 2.24. The second-order valence-corrected chi connectivity index (χ2v) is 3.44. The van der Waals surface area contributed by atoms with Crippen LogP contribution in [-0.4, -0.2) is 31.3 Å². The SMILES string of the molecule is COC1CN(c2cccnc2CN)C1. The molecule has 1 aromatic rings. The van der Waals surface area contributed by atoms with E-state index in [4.69, 9.17) is 10.5 Å². The van der Waals surface area contributed by atoms with Crippen LogP contribution in [0.25, 0.3) is 0 Å². The standard InChI is InChI=1S/C10H15N3O/c1-14-8-6-13(7-8)10-3-2-4-12-9(10)5-11/h2-4,8H,5-7,11H2,1H3. The van der Waals surface area contributed by atoms with Crippen molar-refractivity contribution in [3.63, 3.8) is 0 Å². The minimum absolute atomic E-state index is 0.362. The highest BCUT2D eigenvalue weighted by molar-refractivity contribution is 5.52. The summed E-state index contributed by atoms with van der Waals surface area (Å²) in [5, 5.41) is 0. The van der Waals surface area contributed by atoms with Gasteiger partial charge in [0.15, 0.2) is 0 Å². The fourth-order valence-corrected chi connectivity index (χ4v) is 1.66. The number of aromatic nitrogens is 1. The largest absolute Gasteiger partial charge is 0.378 e. The Morgan fingerprint density at radius 1 is 1.64 bits per heavy atom. The normalized spacial score (nSPS) is 16.9. The molecule has 0 amide bonds. The molecule has 0 saturated carbocycles. The molecule has 2 rings (SSSR count). The first-order valence-corrected chi connectivity index (χ1v) is 4.77. The lowest BCUT2D eigenvalue weighted by Crippen LogP contribution is -2.52. The van der Waals surface area contributed by atoms with E-state index in [1.54, 1.807) is 13.3 Å². The number of ether oxygens (including phenoxy) is 1. The molecule has 0 atom stereocenters. The minimum atomic E-state index is 0.362. The van der Waals surface area contributed by atoms with Gasteiger partial charge in [0.1, 0.15) is 0 Å². The summed E-state index contributed by atoms with van der Waals surface area (Å²) in [6.07, 6.45) is 2.14. The Hall–Kier alpha value is -1.13. The molecule has 14 heavy (non-hydrogen) atoms. The Bertz CT molecular complexity index is 310. The second kappa shape index (κ2) is 3.94. The fourth-order valence-electron chi connectivity index (χ4n) is 1.66. The first-order chi connectivity index (χ1) is 6.85. The fraction of sp³-hybridized carbons (Fsp3) is 0.500. The van der Waals surface area contributed by atoms with Crippen molar-refractivity contribution < 1.29 is 4.74 Å². The van der Waals surface area contributed by atoms with E-state index in [1.165, 1.54) is 0 Å². The summed E-state index contributed by atoms with van der Waals surface area (Å²) in [5.41, 5.74) is 7.72. The first kappa shape index (κ1) is 9.43. The highest BCUT2D eigenvalue weighted by atomic mass is 16.5.